The third kappa shape index (κ3) is 2.97. The van der Waals surface area contributed by atoms with E-state index in [0.717, 1.165) is 10.1 Å². The Hall–Kier alpha value is -3.98. The third-order valence-corrected chi connectivity index (χ3v) is 6.53. The van der Waals surface area contributed by atoms with Crippen molar-refractivity contribution in [3.8, 4) is 11.3 Å². The van der Waals surface area contributed by atoms with Crippen molar-refractivity contribution in [1.82, 2.24) is 13.7 Å². The molecule has 0 spiro atoms. The van der Waals surface area contributed by atoms with Gasteiger partial charge in [0, 0.05) is 20.2 Å². The molecule has 0 unspecified atom stereocenters. The Morgan fingerprint density at radius 2 is 1.65 bits per heavy atom. The molecule has 1 aliphatic rings. The maximum atomic E-state index is 13.5. The Morgan fingerprint density at radius 3 is 2.32 bits per heavy atom. The molecule has 0 amide bonds. The molecule has 1 aliphatic heterocycles. The zero-order chi connectivity index (χ0) is 24.4. The Labute approximate surface area is 194 Å². The molecule has 2 aromatic carbocycles. The van der Waals surface area contributed by atoms with Gasteiger partial charge in [-0.3, -0.25) is 24.0 Å². The largest absolute Gasteiger partial charge is 0.364 e. The molecule has 0 fully saturated rings. The molecule has 0 saturated carbocycles. The van der Waals surface area contributed by atoms with Gasteiger partial charge in [0.2, 0.25) is 0 Å². The van der Waals surface area contributed by atoms with E-state index < -0.39 is 27.8 Å². The number of ether oxygens (including phenoxy) is 1. The van der Waals surface area contributed by atoms with Crippen LogP contribution in [0.3, 0.4) is 0 Å². The van der Waals surface area contributed by atoms with Crippen molar-refractivity contribution >= 4 is 16.6 Å². The van der Waals surface area contributed by atoms with Gasteiger partial charge in [-0.05, 0) is 25.5 Å². The van der Waals surface area contributed by atoms with E-state index in [4.69, 9.17) is 4.74 Å². The summed E-state index contributed by atoms with van der Waals surface area (Å²) in [6, 6.07) is 15.9. The van der Waals surface area contributed by atoms with Gasteiger partial charge in [-0.25, -0.2) is 4.79 Å². The monoisotopic (exact) mass is 460 g/mol. The summed E-state index contributed by atoms with van der Waals surface area (Å²) in [5.74, 6) is 0. The van der Waals surface area contributed by atoms with Gasteiger partial charge in [0.1, 0.15) is 6.10 Å². The number of nitrogens with zero attached hydrogens (tertiary/aromatic N) is 4. The van der Waals surface area contributed by atoms with Gasteiger partial charge in [0.15, 0.2) is 0 Å². The van der Waals surface area contributed by atoms with Crippen molar-refractivity contribution in [3.05, 3.63) is 96.8 Å². The molecular weight excluding hydrogens is 436 g/mol. The van der Waals surface area contributed by atoms with Crippen molar-refractivity contribution in [2.75, 3.05) is 6.61 Å². The highest BCUT2D eigenvalue weighted by molar-refractivity contribution is 5.96. The fourth-order valence-electron chi connectivity index (χ4n) is 4.98. The number of nitro groups is 1. The Morgan fingerprint density at radius 1 is 1.00 bits per heavy atom. The highest BCUT2D eigenvalue weighted by Crippen LogP contribution is 2.46. The molecule has 9 heteroatoms. The summed E-state index contributed by atoms with van der Waals surface area (Å²) in [4.78, 5) is 37.9. The highest BCUT2D eigenvalue weighted by Gasteiger charge is 2.42. The SMILES string of the molecule is Cn1c(=O)c2c(-c3ccccc3)n3c(c2n(C)c1=O)[C@@H](c1ccccc1[N+](=O)[O-])OCC3(C)C. The van der Waals surface area contributed by atoms with Crippen LogP contribution in [-0.4, -0.2) is 25.2 Å². The average Bonchev–Trinajstić information content (AvgIpc) is 3.20. The molecule has 0 bridgehead atoms. The normalized spacial score (nSPS) is 17.0. The van der Waals surface area contributed by atoms with Crippen LogP contribution in [0.25, 0.3) is 22.2 Å². The van der Waals surface area contributed by atoms with E-state index in [1.807, 2.05) is 48.7 Å². The van der Waals surface area contributed by atoms with Gasteiger partial charge in [-0.2, -0.15) is 0 Å². The maximum absolute atomic E-state index is 13.5. The lowest BCUT2D eigenvalue weighted by molar-refractivity contribution is -0.386. The Kier molecular flexibility index (Phi) is 4.84. The summed E-state index contributed by atoms with van der Waals surface area (Å²) < 4.78 is 10.8. The predicted molar refractivity (Wildman–Crippen MR) is 128 cm³/mol. The first-order valence-corrected chi connectivity index (χ1v) is 10.9. The van der Waals surface area contributed by atoms with Crippen molar-refractivity contribution < 1.29 is 9.66 Å². The molecular formula is C25H24N4O5. The summed E-state index contributed by atoms with van der Waals surface area (Å²) in [6.07, 6.45) is -0.840. The average molecular weight is 460 g/mol. The summed E-state index contributed by atoms with van der Waals surface area (Å²) in [5, 5.41) is 12.2. The second-order valence-electron chi connectivity index (χ2n) is 9.18. The van der Waals surface area contributed by atoms with Crippen LogP contribution in [0.1, 0.15) is 31.2 Å². The number of fused-ring (bicyclic) bond motifs is 3. The van der Waals surface area contributed by atoms with Crippen molar-refractivity contribution in [3.63, 3.8) is 0 Å². The van der Waals surface area contributed by atoms with Crippen molar-refractivity contribution in [2.45, 2.75) is 25.5 Å². The Balaban J connectivity index is 2.03. The number of hydrogen-bond donors (Lipinski definition) is 0. The van der Waals surface area contributed by atoms with Gasteiger partial charge >= 0.3 is 5.69 Å². The lowest BCUT2D eigenvalue weighted by Crippen LogP contribution is -2.40. The van der Waals surface area contributed by atoms with Gasteiger partial charge in [0.25, 0.3) is 11.2 Å². The number of rotatable bonds is 3. The van der Waals surface area contributed by atoms with Crippen LogP contribution >= 0.6 is 0 Å². The zero-order valence-corrected chi connectivity index (χ0v) is 19.3. The second kappa shape index (κ2) is 7.53. The van der Waals surface area contributed by atoms with Gasteiger partial charge in [-0.15, -0.1) is 0 Å². The second-order valence-corrected chi connectivity index (χ2v) is 9.18. The van der Waals surface area contributed by atoms with Crippen LogP contribution in [0.4, 0.5) is 5.69 Å². The molecule has 4 aromatic rings. The van der Waals surface area contributed by atoms with E-state index in [1.54, 1.807) is 25.2 Å². The van der Waals surface area contributed by atoms with E-state index >= 15 is 0 Å². The summed E-state index contributed by atoms with van der Waals surface area (Å²) in [7, 11) is 3.06. The van der Waals surface area contributed by atoms with E-state index in [-0.39, 0.29) is 12.3 Å². The van der Waals surface area contributed by atoms with Crippen molar-refractivity contribution in [2.24, 2.45) is 14.1 Å². The number of nitro benzene ring substituents is 1. The number of aromatic nitrogens is 3. The predicted octanol–water partition coefficient (Wildman–Crippen LogP) is 3.47. The van der Waals surface area contributed by atoms with Crippen LogP contribution in [0, 0.1) is 10.1 Å². The molecule has 0 saturated heterocycles. The summed E-state index contributed by atoms with van der Waals surface area (Å²) in [5.41, 5.74) is 1.25. The summed E-state index contributed by atoms with van der Waals surface area (Å²) in [6.45, 7) is 4.23. The molecule has 0 N–H and O–H groups in total. The highest BCUT2D eigenvalue weighted by atomic mass is 16.6. The number of aryl methyl sites for hydroxylation is 1. The molecule has 9 nitrogen and oxygen atoms in total. The standard InChI is InChI=1S/C25H24N4O5/c1-25(2)14-34-22(16-12-8-9-13-17(16)29(32)33)21-20-18(23(30)27(4)24(31)26(20)3)19(28(21)25)15-10-6-5-7-11-15/h5-13,22H,14H2,1-4H3/t22-/m1/s1. The van der Waals surface area contributed by atoms with Crippen LogP contribution < -0.4 is 11.2 Å². The Bertz CT molecular complexity index is 1580. The van der Waals surface area contributed by atoms with Crippen LogP contribution in [0.2, 0.25) is 0 Å². The maximum Gasteiger partial charge on any atom is 0.331 e. The first kappa shape index (κ1) is 21.8. The minimum Gasteiger partial charge on any atom is -0.364 e. The molecule has 174 valence electrons. The molecule has 1 atom stereocenters. The lowest BCUT2D eigenvalue weighted by Gasteiger charge is -2.39. The van der Waals surface area contributed by atoms with E-state index in [0.29, 0.717) is 27.9 Å². The topological polar surface area (TPSA) is 101 Å². The van der Waals surface area contributed by atoms with Crippen molar-refractivity contribution in [1.29, 1.82) is 0 Å². The van der Waals surface area contributed by atoms with E-state index in [9.17, 15) is 19.7 Å². The van der Waals surface area contributed by atoms with Gasteiger partial charge in [0.05, 0.1) is 44.9 Å². The first-order valence-electron chi connectivity index (χ1n) is 10.9. The number of benzene rings is 2. The molecule has 34 heavy (non-hydrogen) atoms. The van der Waals surface area contributed by atoms with Gasteiger partial charge in [-0.1, -0.05) is 42.5 Å². The fourth-order valence-corrected chi connectivity index (χ4v) is 4.98. The lowest BCUT2D eigenvalue weighted by atomic mass is 9.97. The van der Waals surface area contributed by atoms with E-state index in [2.05, 4.69) is 0 Å². The number of para-hydroxylation sites is 1. The van der Waals surface area contributed by atoms with Crippen LogP contribution in [0.5, 0.6) is 0 Å². The van der Waals surface area contributed by atoms with Crippen LogP contribution in [0.15, 0.2) is 64.2 Å². The van der Waals surface area contributed by atoms with E-state index in [1.165, 1.54) is 17.7 Å². The number of hydrogen-bond acceptors (Lipinski definition) is 5. The summed E-state index contributed by atoms with van der Waals surface area (Å²) >= 11 is 0. The smallest absolute Gasteiger partial charge is 0.331 e. The van der Waals surface area contributed by atoms with Gasteiger partial charge < -0.3 is 9.30 Å². The zero-order valence-electron chi connectivity index (χ0n) is 19.3. The molecule has 5 rings (SSSR count). The fraction of sp³-hybridized carbons (Fsp3) is 0.280. The third-order valence-electron chi connectivity index (χ3n) is 6.53. The first-order chi connectivity index (χ1) is 16.1. The minimum absolute atomic E-state index is 0.0804. The molecule has 2 aromatic heterocycles. The van der Waals surface area contributed by atoms with Crippen LogP contribution in [-0.2, 0) is 24.4 Å². The molecule has 0 radical (unpaired) electrons. The quantitative estimate of drug-likeness (QED) is 0.344. The molecule has 0 aliphatic carbocycles. The minimum atomic E-state index is -0.840. The molecule has 3 heterocycles.